The highest BCUT2D eigenvalue weighted by molar-refractivity contribution is 7.92. The number of carbonyl (C=O) groups is 1. The fourth-order valence-electron chi connectivity index (χ4n) is 3.83. The van der Waals surface area contributed by atoms with E-state index < -0.39 is 15.9 Å². The Labute approximate surface area is 228 Å². The molecule has 4 aromatic rings. The Hall–Kier alpha value is -3.67. The Morgan fingerprint density at radius 3 is 2.55 bits per heavy atom. The summed E-state index contributed by atoms with van der Waals surface area (Å²) in [6, 6.07) is 10.6. The van der Waals surface area contributed by atoms with E-state index in [-0.39, 0.29) is 39.5 Å². The molecule has 0 unspecified atom stereocenters. The van der Waals surface area contributed by atoms with E-state index in [4.69, 9.17) is 27.9 Å². The Kier molecular flexibility index (Phi) is 7.91. The van der Waals surface area contributed by atoms with Crippen molar-refractivity contribution in [3.63, 3.8) is 0 Å². The summed E-state index contributed by atoms with van der Waals surface area (Å²) in [4.78, 5) is 33.5. The van der Waals surface area contributed by atoms with Gasteiger partial charge in [-0.15, -0.1) is 0 Å². The number of anilines is 1. The van der Waals surface area contributed by atoms with Crippen molar-refractivity contribution in [2.24, 2.45) is 5.92 Å². The van der Waals surface area contributed by atoms with Crippen LogP contribution in [-0.4, -0.2) is 43.0 Å². The molecule has 2 heterocycles. The number of benzene rings is 2. The first-order valence-electron chi connectivity index (χ1n) is 11.3. The average molecular weight is 576 g/mol. The maximum absolute atomic E-state index is 13.2. The third-order valence-corrected chi connectivity index (χ3v) is 7.88. The van der Waals surface area contributed by atoms with Crippen molar-refractivity contribution in [2.75, 3.05) is 18.9 Å². The maximum Gasteiger partial charge on any atom is 0.263 e. The van der Waals surface area contributed by atoms with E-state index in [0.29, 0.717) is 27.1 Å². The lowest BCUT2D eigenvalue weighted by Gasteiger charge is -2.14. The first-order chi connectivity index (χ1) is 18.0. The van der Waals surface area contributed by atoms with Gasteiger partial charge < -0.3 is 10.1 Å². The van der Waals surface area contributed by atoms with Gasteiger partial charge in [-0.05, 0) is 42.0 Å². The smallest absolute Gasteiger partial charge is 0.263 e. The van der Waals surface area contributed by atoms with Gasteiger partial charge in [-0.1, -0.05) is 36.2 Å². The number of pyridine rings is 1. The number of nitrogens with zero attached hydrogens (tertiary/aromatic N) is 3. The minimum atomic E-state index is -4.12. The predicted octanol–water partition coefficient (Wildman–Crippen LogP) is 3.96. The van der Waals surface area contributed by atoms with Gasteiger partial charge in [0.15, 0.2) is 0 Å². The van der Waals surface area contributed by atoms with E-state index in [1.54, 1.807) is 25.1 Å². The van der Waals surface area contributed by atoms with Gasteiger partial charge in [-0.25, -0.2) is 18.4 Å². The molecule has 0 aliphatic carbocycles. The summed E-state index contributed by atoms with van der Waals surface area (Å²) < 4.78 is 35.2. The number of ether oxygens (including phenoxy) is 1. The van der Waals surface area contributed by atoms with Gasteiger partial charge in [0.2, 0.25) is 11.8 Å². The number of amides is 1. The molecule has 0 fully saturated rings. The highest BCUT2D eigenvalue weighted by Crippen LogP contribution is 2.32. The highest BCUT2D eigenvalue weighted by Gasteiger charge is 2.21. The minimum Gasteiger partial charge on any atom is -0.480 e. The predicted molar refractivity (Wildman–Crippen MR) is 146 cm³/mol. The number of hydrogen-bond acceptors (Lipinski definition) is 7. The van der Waals surface area contributed by atoms with Crippen LogP contribution < -0.4 is 20.3 Å². The number of aromatic nitrogens is 3. The van der Waals surface area contributed by atoms with Crippen molar-refractivity contribution < 1.29 is 17.9 Å². The van der Waals surface area contributed by atoms with Crippen LogP contribution in [-0.2, 0) is 21.4 Å². The zero-order chi connectivity index (χ0) is 27.6. The summed E-state index contributed by atoms with van der Waals surface area (Å²) in [5.41, 5.74) is 1.34. The zero-order valence-corrected chi connectivity index (χ0v) is 22.9. The van der Waals surface area contributed by atoms with E-state index >= 15 is 0 Å². The van der Waals surface area contributed by atoms with Crippen LogP contribution >= 0.6 is 23.2 Å². The third kappa shape index (κ3) is 5.59. The van der Waals surface area contributed by atoms with E-state index in [2.05, 4.69) is 20.0 Å². The number of methoxy groups -OCH3 is 1. The Morgan fingerprint density at radius 2 is 1.87 bits per heavy atom. The average Bonchev–Trinajstić information content (AvgIpc) is 2.89. The molecule has 38 heavy (non-hydrogen) atoms. The molecule has 0 aliphatic rings. The maximum atomic E-state index is 13.2. The Balaban J connectivity index is 1.73. The Morgan fingerprint density at radius 1 is 1.11 bits per heavy atom. The lowest BCUT2D eigenvalue weighted by Crippen LogP contribution is -2.32. The van der Waals surface area contributed by atoms with Crippen molar-refractivity contribution in [3.8, 4) is 17.0 Å². The van der Waals surface area contributed by atoms with Gasteiger partial charge >= 0.3 is 0 Å². The molecule has 2 aromatic heterocycles. The van der Waals surface area contributed by atoms with Gasteiger partial charge in [0, 0.05) is 30.4 Å². The summed E-state index contributed by atoms with van der Waals surface area (Å²) in [7, 11) is -1.22. The van der Waals surface area contributed by atoms with Crippen molar-refractivity contribution in [1.82, 2.24) is 19.9 Å². The normalized spacial score (nSPS) is 12.2. The molecule has 2 aromatic carbocycles. The van der Waals surface area contributed by atoms with Crippen LogP contribution in [0.15, 0.2) is 64.7 Å². The summed E-state index contributed by atoms with van der Waals surface area (Å²) in [5, 5.41) is 3.15. The van der Waals surface area contributed by atoms with Crippen LogP contribution in [0.2, 0.25) is 10.0 Å². The second kappa shape index (κ2) is 11.0. The van der Waals surface area contributed by atoms with Crippen LogP contribution in [0.4, 0.5) is 5.69 Å². The minimum absolute atomic E-state index is 0.0374. The molecule has 198 valence electrons. The van der Waals surface area contributed by atoms with Gasteiger partial charge in [0.05, 0.1) is 35.3 Å². The summed E-state index contributed by atoms with van der Waals surface area (Å²) in [6.45, 7) is 1.88. The number of carbonyl (C=O) groups excluding carboxylic acids is 1. The molecule has 0 saturated carbocycles. The van der Waals surface area contributed by atoms with E-state index in [1.807, 2.05) is 0 Å². The van der Waals surface area contributed by atoms with Crippen LogP contribution in [0.1, 0.15) is 6.92 Å². The van der Waals surface area contributed by atoms with Crippen molar-refractivity contribution in [1.29, 1.82) is 0 Å². The third-order valence-electron chi connectivity index (χ3n) is 5.79. The summed E-state index contributed by atoms with van der Waals surface area (Å²) >= 11 is 12.0. The van der Waals surface area contributed by atoms with Crippen LogP contribution in [0.3, 0.4) is 0 Å². The molecule has 4 rings (SSSR count). The van der Waals surface area contributed by atoms with Gasteiger partial charge in [0.25, 0.3) is 15.6 Å². The van der Waals surface area contributed by atoms with E-state index in [1.165, 1.54) is 55.5 Å². The number of sulfonamides is 1. The lowest BCUT2D eigenvalue weighted by atomic mass is 10.0. The molecule has 2 N–H and O–H groups in total. The highest BCUT2D eigenvalue weighted by atomic mass is 35.5. The van der Waals surface area contributed by atoms with Crippen molar-refractivity contribution in [3.05, 3.63) is 75.4 Å². The Bertz CT molecular complexity index is 1710. The van der Waals surface area contributed by atoms with Gasteiger partial charge in [-0.3, -0.25) is 18.9 Å². The molecule has 0 radical (unpaired) electrons. The van der Waals surface area contributed by atoms with E-state index in [0.717, 1.165) is 0 Å². The molecular weight excluding hydrogens is 553 g/mol. The summed E-state index contributed by atoms with van der Waals surface area (Å²) in [6.07, 6.45) is 2.91. The first-order valence-corrected chi connectivity index (χ1v) is 13.5. The molecule has 0 spiro atoms. The SMILES string of the molecule is CNC(=O)[C@H](C)Cn1cnc2ccc(-c3cnc(OC)c(NS(=O)(=O)c4ccc(Cl)cc4Cl)c3)cc2c1=O. The molecule has 1 atom stereocenters. The number of rotatable bonds is 8. The summed E-state index contributed by atoms with van der Waals surface area (Å²) in [5.74, 6) is -0.587. The molecule has 0 saturated heterocycles. The topological polar surface area (TPSA) is 132 Å². The zero-order valence-electron chi connectivity index (χ0n) is 20.5. The van der Waals surface area contributed by atoms with Crippen LogP contribution in [0.5, 0.6) is 5.88 Å². The van der Waals surface area contributed by atoms with Gasteiger partial charge in [-0.2, -0.15) is 0 Å². The number of halogens is 2. The second-order valence-electron chi connectivity index (χ2n) is 8.41. The van der Waals surface area contributed by atoms with Crippen LogP contribution in [0, 0.1) is 5.92 Å². The number of hydrogen-bond donors (Lipinski definition) is 2. The standard InChI is InChI=1S/C25H23Cl2N5O5S/c1-14(23(33)28-2)12-32-13-30-20-6-4-15(8-18(20)25(32)34)16-9-21(24(37-3)29-11-16)31-38(35,36)22-7-5-17(26)10-19(22)27/h4-11,13-14,31H,12H2,1-3H3,(H,28,33)/t14-/m1/s1. The second-order valence-corrected chi connectivity index (χ2v) is 10.9. The molecular formula is C25H23Cl2N5O5S. The fourth-order valence-corrected chi connectivity index (χ4v) is 5.65. The molecule has 1 amide bonds. The molecule has 0 aliphatic heterocycles. The molecule has 13 heteroatoms. The molecule has 0 bridgehead atoms. The largest absolute Gasteiger partial charge is 0.480 e. The van der Waals surface area contributed by atoms with Gasteiger partial charge in [0.1, 0.15) is 10.6 Å². The number of fused-ring (bicyclic) bond motifs is 1. The monoisotopic (exact) mass is 575 g/mol. The van der Waals surface area contributed by atoms with Crippen LogP contribution in [0.25, 0.3) is 22.0 Å². The quantitative estimate of drug-likeness (QED) is 0.325. The lowest BCUT2D eigenvalue weighted by molar-refractivity contribution is -0.124. The number of nitrogens with one attached hydrogen (secondary N) is 2. The molecule has 10 nitrogen and oxygen atoms in total. The first kappa shape index (κ1) is 27.4. The fraction of sp³-hybridized carbons (Fsp3) is 0.200. The van der Waals surface area contributed by atoms with E-state index in [9.17, 15) is 18.0 Å². The van der Waals surface area contributed by atoms with Crippen molar-refractivity contribution in [2.45, 2.75) is 18.4 Å². The van der Waals surface area contributed by atoms with Crippen molar-refractivity contribution >= 4 is 55.7 Å².